The Morgan fingerprint density at radius 3 is 1.00 bits per heavy atom. The molecule has 0 bridgehead atoms. The molecule has 0 aliphatic carbocycles. The Bertz CT molecular complexity index is 11.6. The molecule has 0 aromatic heterocycles. The van der Waals surface area contributed by atoms with E-state index in [0.29, 0.717) is 0 Å². The minimum absolute atomic E-state index is 0. The molecule has 0 amide bonds. The van der Waals surface area contributed by atoms with Crippen molar-refractivity contribution < 1.29 is 77.2 Å². The molecule has 4 heteroatoms. The molecule has 0 N–H and O–H groups in total. The van der Waals surface area contributed by atoms with Gasteiger partial charge in [0.05, 0.1) is 0 Å². The van der Waals surface area contributed by atoms with Crippen LogP contribution >= 0.6 is 0 Å². The molecule has 0 unspecified atom stereocenters. The Labute approximate surface area is 83.6 Å². The van der Waals surface area contributed by atoms with E-state index in [2.05, 4.69) is 0 Å². The maximum absolute atomic E-state index is 0. The summed E-state index contributed by atoms with van der Waals surface area (Å²) in [5, 5.41) is 0. The number of hydrogen-bond acceptors (Lipinski definition) is 0. The molecule has 0 nitrogen and oxygen atoms in total. The van der Waals surface area contributed by atoms with Gasteiger partial charge in [0.15, 0.2) is 0 Å². The summed E-state index contributed by atoms with van der Waals surface area (Å²) in [6.45, 7) is 0. The SMILES string of the molecule is [C].[Cr].[Cu].[Ti].[W]. The fraction of sp³-hybridized carbons (Fsp3) is 0. The first kappa shape index (κ1) is 51.5. The maximum Gasteiger partial charge on any atom is 0 e. The van der Waals surface area contributed by atoms with E-state index in [-0.39, 0.29) is 84.6 Å². The molecule has 31 valence electrons. The van der Waals surface area contributed by atoms with Crippen LogP contribution in [0.2, 0.25) is 0 Å². The smallest absolute Gasteiger partial charge is 0 e. The van der Waals surface area contributed by atoms with Crippen LogP contribution in [0.4, 0.5) is 0 Å². The predicted octanol–water partition coefficient (Wildman–Crippen LogP) is 0.0713. The van der Waals surface area contributed by atoms with Crippen molar-refractivity contribution in [2.24, 2.45) is 0 Å². The van der Waals surface area contributed by atoms with Crippen molar-refractivity contribution in [1.82, 2.24) is 0 Å². The van der Waals surface area contributed by atoms with Crippen LogP contribution in [0.25, 0.3) is 0 Å². The van der Waals surface area contributed by atoms with Crippen molar-refractivity contribution in [3.05, 3.63) is 7.43 Å². The van der Waals surface area contributed by atoms with E-state index in [1.165, 1.54) is 0 Å². The van der Waals surface area contributed by atoms with E-state index < -0.39 is 0 Å². The Hall–Kier alpha value is 2.45. The largest absolute Gasteiger partial charge is 0 e. The molecule has 0 aromatic carbocycles. The van der Waals surface area contributed by atoms with Crippen LogP contribution in [0.5, 0.6) is 0 Å². The van der Waals surface area contributed by atoms with Crippen LogP contribution in [-0.2, 0) is 77.2 Å². The molecule has 0 fully saturated rings. The summed E-state index contributed by atoms with van der Waals surface area (Å²) in [4.78, 5) is 0. The molecule has 5 radical (unpaired) electrons. The van der Waals surface area contributed by atoms with Crippen molar-refractivity contribution >= 4 is 0 Å². The van der Waals surface area contributed by atoms with E-state index in [1.54, 1.807) is 0 Å². The van der Waals surface area contributed by atoms with Crippen molar-refractivity contribution in [2.75, 3.05) is 0 Å². The third kappa shape index (κ3) is 21.3. The molecule has 0 atom stereocenters. The average Bonchev–Trinajstić information content (AvgIpc) is 0. The summed E-state index contributed by atoms with van der Waals surface area (Å²) in [5.41, 5.74) is 0. The standard InChI is InChI=1S/C.Cr.Cu.Ti.W. The summed E-state index contributed by atoms with van der Waals surface area (Å²) in [5.74, 6) is 0. The van der Waals surface area contributed by atoms with Crippen LogP contribution in [0.1, 0.15) is 0 Å². The molecule has 0 heterocycles. The first-order chi connectivity index (χ1) is 0. The summed E-state index contributed by atoms with van der Waals surface area (Å²) in [6, 6.07) is 0. The van der Waals surface area contributed by atoms with E-state index in [1.807, 2.05) is 0 Å². The normalized spacial score (nSPS) is 0. The Kier molecular flexibility index (Phi) is 329. The van der Waals surface area contributed by atoms with Crippen LogP contribution in [0.3, 0.4) is 0 Å². The Balaban J connectivity index is 0. The van der Waals surface area contributed by atoms with Crippen molar-refractivity contribution in [1.29, 1.82) is 0 Å². The molecule has 0 rings (SSSR count). The van der Waals surface area contributed by atoms with E-state index in [4.69, 9.17) is 0 Å². The van der Waals surface area contributed by atoms with Gasteiger partial charge in [-0.2, -0.15) is 0 Å². The first-order valence-corrected chi connectivity index (χ1v) is 0. The third-order valence-electron chi connectivity index (χ3n) is 0. The maximum atomic E-state index is 0. The summed E-state index contributed by atoms with van der Waals surface area (Å²) in [7, 11) is 0. The monoisotopic (exact) mass is 359 g/mol. The van der Waals surface area contributed by atoms with Crippen LogP contribution in [-0.4, -0.2) is 0 Å². The summed E-state index contributed by atoms with van der Waals surface area (Å²) >= 11 is 0. The second-order valence-electron chi connectivity index (χ2n) is 0. The molecule has 0 aliphatic rings. The average molecular weight is 359 g/mol. The van der Waals surface area contributed by atoms with Crippen molar-refractivity contribution in [3.8, 4) is 0 Å². The van der Waals surface area contributed by atoms with Gasteiger partial charge in [-0.05, 0) is 0 Å². The zero-order valence-corrected chi connectivity index (χ0v) is 8.83. The predicted molar refractivity (Wildman–Crippen MR) is 3.24 cm³/mol. The fourth-order valence-corrected chi connectivity index (χ4v) is 0. The van der Waals surface area contributed by atoms with Crippen molar-refractivity contribution in [3.63, 3.8) is 0 Å². The second-order valence-corrected chi connectivity index (χ2v) is 0. The molecular formula is CCrCuTiW. The van der Waals surface area contributed by atoms with E-state index in [9.17, 15) is 0 Å². The topological polar surface area (TPSA) is 0 Å². The zero-order valence-electron chi connectivity index (χ0n) is 2.12. The molecule has 0 aliphatic heterocycles. The van der Waals surface area contributed by atoms with Gasteiger partial charge in [-0.15, -0.1) is 0 Å². The van der Waals surface area contributed by atoms with Crippen LogP contribution in [0, 0.1) is 7.43 Å². The van der Waals surface area contributed by atoms with Gasteiger partial charge < -0.3 is 0 Å². The minimum atomic E-state index is 0. The van der Waals surface area contributed by atoms with Gasteiger partial charge in [-0.1, -0.05) is 0 Å². The van der Waals surface area contributed by atoms with E-state index in [0.717, 1.165) is 0 Å². The molecule has 0 saturated carbocycles. The van der Waals surface area contributed by atoms with Gasteiger partial charge in [-0.25, -0.2) is 0 Å². The Morgan fingerprint density at radius 2 is 1.00 bits per heavy atom. The molecule has 0 aromatic rings. The number of rotatable bonds is 0. The third-order valence-corrected chi connectivity index (χ3v) is 0. The van der Waals surface area contributed by atoms with Crippen LogP contribution < -0.4 is 0 Å². The molecular weight excluding hydrogens is 359 g/mol. The van der Waals surface area contributed by atoms with Gasteiger partial charge in [0, 0.05) is 84.6 Å². The van der Waals surface area contributed by atoms with Gasteiger partial charge in [0.2, 0.25) is 0 Å². The molecule has 0 spiro atoms. The fourth-order valence-electron chi connectivity index (χ4n) is 0. The Morgan fingerprint density at radius 1 is 1.00 bits per heavy atom. The first-order valence-electron chi connectivity index (χ1n) is 0. The van der Waals surface area contributed by atoms with Gasteiger partial charge >= 0.3 is 0 Å². The summed E-state index contributed by atoms with van der Waals surface area (Å²) in [6.07, 6.45) is 0. The second kappa shape index (κ2) is 31.9. The van der Waals surface area contributed by atoms with Crippen molar-refractivity contribution in [2.45, 2.75) is 0 Å². The van der Waals surface area contributed by atoms with Gasteiger partial charge in [0.1, 0.15) is 0 Å². The minimum Gasteiger partial charge on any atom is 0 e. The van der Waals surface area contributed by atoms with Gasteiger partial charge in [0.25, 0.3) is 0 Å². The van der Waals surface area contributed by atoms with Crippen LogP contribution in [0.15, 0.2) is 0 Å². The van der Waals surface area contributed by atoms with Gasteiger partial charge in [-0.3, -0.25) is 0 Å². The molecule has 5 heavy (non-hydrogen) atoms. The quantitative estimate of drug-likeness (QED) is 0.537. The van der Waals surface area contributed by atoms with E-state index >= 15 is 0 Å². The summed E-state index contributed by atoms with van der Waals surface area (Å²) < 4.78 is 0. The zero-order chi connectivity index (χ0) is 0. The molecule has 0 saturated heterocycles. The number of hydrogen-bond donors (Lipinski definition) is 0.